The van der Waals surface area contributed by atoms with Gasteiger partial charge in [-0.1, -0.05) is 12.1 Å². The lowest BCUT2D eigenvalue weighted by molar-refractivity contribution is -0.135. The zero-order valence-corrected chi connectivity index (χ0v) is 9.18. The molecule has 6 nitrogen and oxygen atoms in total. The van der Waals surface area contributed by atoms with Gasteiger partial charge in [0.05, 0.1) is 5.69 Å². The van der Waals surface area contributed by atoms with E-state index in [0.29, 0.717) is 5.69 Å². The largest absolute Gasteiger partial charge is 0.480 e. The number of aliphatic carboxylic acids is 1. The van der Waals surface area contributed by atoms with Crippen molar-refractivity contribution in [3.63, 3.8) is 0 Å². The Labute approximate surface area is 95.1 Å². The lowest BCUT2D eigenvalue weighted by Gasteiger charge is -2.18. The van der Waals surface area contributed by atoms with Crippen LogP contribution in [0.3, 0.4) is 0 Å². The molecule has 4 N–H and O–H groups in total. The molecule has 1 atom stereocenters. The summed E-state index contributed by atoms with van der Waals surface area (Å²) in [6.07, 6.45) is 0. The van der Waals surface area contributed by atoms with Gasteiger partial charge in [0, 0.05) is 6.54 Å². The van der Waals surface area contributed by atoms with Crippen molar-refractivity contribution in [1.82, 2.24) is 0 Å². The minimum absolute atomic E-state index is 0.285. The van der Waals surface area contributed by atoms with Crippen molar-refractivity contribution in [1.29, 1.82) is 0 Å². The maximum Gasteiger partial charge on any atom is 0.324 e. The second-order valence-corrected chi connectivity index (χ2v) is 3.94. The molecule has 0 saturated carbocycles. The average Bonchev–Trinajstić information content (AvgIpc) is 2.25. The molecule has 1 rings (SSSR count). The zero-order chi connectivity index (χ0) is 12.1. The van der Waals surface area contributed by atoms with E-state index in [1.165, 1.54) is 0 Å². The number of nitrogens with two attached hydrogens (primary N) is 1. The Balaban J connectivity index is 3.00. The Morgan fingerprint density at radius 3 is 2.69 bits per heavy atom. The molecule has 1 aromatic carbocycles. The van der Waals surface area contributed by atoms with Crippen molar-refractivity contribution in [3.8, 4) is 0 Å². The normalized spacial score (nSPS) is 12.1. The minimum Gasteiger partial charge on any atom is -0.480 e. The summed E-state index contributed by atoms with van der Waals surface area (Å²) in [5.74, 6) is -1.18. The molecule has 0 saturated heterocycles. The van der Waals surface area contributed by atoms with E-state index < -0.39 is 23.8 Å². The van der Waals surface area contributed by atoms with Crippen LogP contribution in [-0.2, 0) is 22.6 Å². The molecule has 1 aromatic rings. The van der Waals surface area contributed by atoms with Crippen molar-refractivity contribution in [3.05, 3.63) is 29.8 Å². The van der Waals surface area contributed by atoms with Crippen molar-refractivity contribution >= 4 is 22.9 Å². The quantitative estimate of drug-likeness (QED) is 0.641. The van der Waals surface area contributed by atoms with Gasteiger partial charge in [-0.15, -0.1) is 0 Å². The molecule has 0 aromatic heterocycles. The molecule has 0 bridgehead atoms. The Morgan fingerprint density at radius 2 is 2.19 bits per heavy atom. The number of benzene rings is 1. The maximum absolute atomic E-state index is 11.0. The van der Waals surface area contributed by atoms with E-state index in [2.05, 4.69) is 0 Å². The number of rotatable bonds is 5. The molecule has 1 unspecified atom stereocenters. The van der Waals surface area contributed by atoms with Gasteiger partial charge >= 0.3 is 5.97 Å². The Morgan fingerprint density at radius 1 is 1.50 bits per heavy atom. The van der Waals surface area contributed by atoms with Crippen LogP contribution in [0.4, 0.5) is 5.69 Å². The summed E-state index contributed by atoms with van der Waals surface area (Å²) >= 11 is -2.37. The Kier molecular flexibility index (Phi) is 4.41. The highest BCUT2D eigenvalue weighted by Crippen LogP contribution is 2.17. The predicted molar refractivity (Wildman–Crippen MR) is 60.1 cm³/mol. The van der Waals surface area contributed by atoms with Crippen LogP contribution >= 0.6 is 0 Å². The third kappa shape index (κ3) is 3.30. The smallest absolute Gasteiger partial charge is 0.324 e. The maximum atomic E-state index is 11.0. The molecule has 0 aliphatic heterocycles. The summed E-state index contributed by atoms with van der Waals surface area (Å²) in [4.78, 5) is 10.5. The predicted octanol–water partition coefficient (Wildman–Crippen LogP) is 0.173. The molecule has 0 radical (unpaired) electrons. The number of carboxylic acid groups (broad SMARTS) is 1. The number of carbonyl (C=O) groups is 1. The molecule has 0 aliphatic rings. The van der Waals surface area contributed by atoms with Gasteiger partial charge in [0.1, 0.15) is 6.54 Å². The Bertz CT molecular complexity index is 410. The topological polar surface area (TPSA) is 104 Å². The van der Waals surface area contributed by atoms with Crippen LogP contribution in [0, 0.1) is 0 Å². The van der Waals surface area contributed by atoms with Crippen LogP contribution in [0.1, 0.15) is 5.56 Å². The van der Waals surface area contributed by atoms with E-state index in [1.54, 1.807) is 24.3 Å². The second-order valence-electron chi connectivity index (χ2n) is 3.04. The fourth-order valence-electron chi connectivity index (χ4n) is 1.20. The molecule has 7 heteroatoms. The first-order valence-electron chi connectivity index (χ1n) is 4.44. The van der Waals surface area contributed by atoms with E-state index >= 15 is 0 Å². The van der Waals surface area contributed by atoms with Gasteiger partial charge in [-0.3, -0.25) is 13.7 Å². The number of hydrogen-bond acceptors (Lipinski definition) is 3. The molecule has 0 fully saturated rings. The average molecular weight is 244 g/mol. The van der Waals surface area contributed by atoms with Gasteiger partial charge in [-0.2, -0.15) is 0 Å². The lowest BCUT2D eigenvalue weighted by Crippen LogP contribution is -2.31. The van der Waals surface area contributed by atoms with Gasteiger partial charge in [0.25, 0.3) is 11.3 Å². The van der Waals surface area contributed by atoms with Crippen LogP contribution in [0.25, 0.3) is 0 Å². The summed E-state index contributed by atoms with van der Waals surface area (Å²) in [5, 5.41) is 8.61. The molecular formula is C9H12N2O4S. The van der Waals surface area contributed by atoms with Crippen LogP contribution < -0.4 is 10.0 Å². The van der Waals surface area contributed by atoms with Crippen LogP contribution in [0.5, 0.6) is 0 Å². The van der Waals surface area contributed by atoms with E-state index in [1.807, 2.05) is 0 Å². The fraction of sp³-hybridized carbons (Fsp3) is 0.222. The Hall–Kier alpha value is -1.44. The number of anilines is 1. The summed E-state index contributed by atoms with van der Waals surface area (Å²) in [6.45, 7) is -0.260. The highest BCUT2D eigenvalue weighted by Gasteiger charge is 2.15. The van der Waals surface area contributed by atoms with Crippen LogP contribution in [0.2, 0.25) is 0 Å². The highest BCUT2D eigenvalue weighted by molar-refractivity contribution is 7.80. The third-order valence-electron chi connectivity index (χ3n) is 1.90. The van der Waals surface area contributed by atoms with Gasteiger partial charge in [-0.25, -0.2) is 4.21 Å². The fourth-order valence-corrected chi connectivity index (χ4v) is 1.71. The summed E-state index contributed by atoms with van der Waals surface area (Å²) in [5.41, 5.74) is 6.54. The second kappa shape index (κ2) is 5.59. The minimum atomic E-state index is -2.37. The first-order valence-corrected chi connectivity index (χ1v) is 5.50. The van der Waals surface area contributed by atoms with E-state index in [0.717, 1.165) is 9.87 Å². The number of hydrogen-bond donors (Lipinski definition) is 3. The van der Waals surface area contributed by atoms with Crippen molar-refractivity contribution < 1.29 is 18.7 Å². The summed E-state index contributed by atoms with van der Waals surface area (Å²) in [6, 6.07) is 6.54. The third-order valence-corrected chi connectivity index (χ3v) is 2.62. The number of carboxylic acids is 1. The van der Waals surface area contributed by atoms with E-state index in [-0.39, 0.29) is 6.54 Å². The van der Waals surface area contributed by atoms with Gasteiger partial charge in [0.15, 0.2) is 0 Å². The summed E-state index contributed by atoms with van der Waals surface area (Å²) in [7, 11) is 0. The van der Waals surface area contributed by atoms with E-state index in [9.17, 15) is 9.00 Å². The molecule has 16 heavy (non-hydrogen) atoms. The highest BCUT2D eigenvalue weighted by atomic mass is 32.2. The molecule has 0 amide bonds. The van der Waals surface area contributed by atoms with E-state index in [4.69, 9.17) is 15.4 Å². The molecule has 88 valence electrons. The van der Waals surface area contributed by atoms with Crippen LogP contribution in [-0.4, -0.2) is 26.4 Å². The van der Waals surface area contributed by atoms with Gasteiger partial charge in [-0.05, 0) is 17.7 Å². The standard InChI is InChI=1S/C9H12N2O4S/c10-5-7-2-1-3-8(4-7)11(16(14)15)6-9(12)13/h1-4H,5-6,10H2,(H,12,13)(H,14,15). The molecular weight excluding hydrogens is 232 g/mol. The van der Waals surface area contributed by atoms with Crippen molar-refractivity contribution in [2.45, 2.75) is 6.54 Å². The van der Waals surface area contributed by atoms with Crippen molar-refractivity contribution in [2.75, 3.05) is 10.8 Å². The molecule has 0 aliphatic carbocycles. The summed E-state index contributed by atoms with van der Waals surface area (Å²) < 4.78 is 20.8. The SMILES string of the molecule is NCc1cccc(N(CC(=O)O)S(=O)O)c1. The first kappa shape index (κ1) is 12.6. The molecule has 0 spiro atoms. The van der Waals surface area contributed by atoms with Crippen molar-refractivity contribution in [2.24, 2.45) is 5.73 Å². The lowest BCUT2D eigenvalue weighted by atomic mass is 10.2. The zero-order valence-electron chi connectivity index (χ0n) is 8.37. The van der Waals surface area contributed by atoms with Gasteiger partial charge in [0.2, 0.25) is 0 Å². The van der Waals surface area contributed by atoms with Gasteiger partial charge < -0.3 is 10.8 Å². The number of nitrogens with zero attached hydrogens (tertiary/aromatic N) is 1. The first-order chi connectivity index (χ1) is 7.54. The molecule has 0 heterocycles. The van der Waals surface area contributed by atoms with Crippen LogP contribution in [0.15, 0.2) is 24.3 Å². The monoisotopic (exact) mass is 244 g/mol.